The van der Waals surface area contributed by atoms with Gasteiger partial charge in [0, 0.05) is 44.3 Å². The molecule has 162 valence electrons. The summed E-state index contributed by atoms with van der Waals surface area (Å²) in [6.07, 6.45) is 6.35. The molecule has 0 radical (unpaired) electrons. The number of aromatic nitrogens is 2. The third-order valence-corrected chi connectivity index (χ3v) is 6.74. The molecule has 1 saturated heterocycles. The zero-order valence-electron chi connectivity index (χ0n) is 17.7. The number of carbonyl (C=O) groups excluding carboxylic acids is 1. The lowest BCUT2D eigenvalue weighted by Crippen LogP contribution is -2.48. The summed E-state index contributed by atoms with van der Waals surface area (Å²) >= 11 is 0. The van der Waals surface area contributed by atoms with Crippen LogP contribution < -0.4 is 5.32 Å². The van der Waals surface area contributed by atoms with Crippen LogP contribution in [0, 0.1) is 0 Å². The van der Waals surface area contributed by atoms with Gasteiger partial charge in [-0.15, -0.1) is 0 Å². The Morgan fingerprint density at radius 2 is 1.97 bits per heavy atom. The Morgan fingerprint density at radius 1 is 1.23 bits per heavy atom. The minimum Gasteiger partial charge on any atom is -0.391 e. The van der Waals surface area contributed by atoms with Crippen LogP contribution >= 0.6 is 0 Å². The van der Waals surface area contributed by atoms with Crippen molar-refractivity contribution in [3.8, 4) is 0 Å². The first-order valence-corrected chi connectivity index (χ1v) is 10.9. The highest BCUT2D eigenvalue weighted by atomic mass is 16.5. The van der Waals surface area contributed by atoms with Crippen molar-refractivity contribution < 1.29 is 14.6 Å². The summed E-state index contributed by atoms with van der Waals surface area (Å²) in [4.78, 5) is 15.1. The number of carbonyl (C=O) groups is 1. The van der Waals surface area contributed by atoms with Crippen LogP contribution in [0.4, 0.5) is 0 Å². The Balaban J connectivity index is 1.53. The molecule has 0 spiro atoms. The highest BCUT2D eigenvalue weighted by Crippen LogP contribution is 2.39. The van der Waals surface area contributed by atoms with Gasteiger partial charge >= 0.3 is 0 Å². The number of amides is 1. The van der Waals surface area contributed by atoms with E-state index in [0.29, 0.717) is 12.1 Å². The first kappa shape index (κ1) is 21.0. The van der Waals surface area contributed by atoms with Crippen LogP contribution in [0.1, 0.15) is 41.6 Å². The molecule has 0 bridgehead atoms. The molecule has 7 nitrogen and oxygen atoms in total. The zero-order chi connectivity index (χ0) is 21.0. The van der Waals surface area contributed by atoms with Crippen molar-refractivity contribution in [2.45, 2.75) is 43.2 Å². The standard InChI is InChI=1S/C23H32N4O3/c1-26-16-18(15-25-26)22(29)24-17-23(19-5-3-2-4-6-19)9-7-20(21(28)8-10-23)27-11-13-30-14-12-27/h2-6,15-16,20-21,28H,7-14,17H2,1H3,(H,24,29)/t20-,21-,23-/m1/s1. The van der Waals surface area contributed by atoms with Crippen LogP contribution in [0.2, 0.25) is 0 Å². The highest BCUT2D eigenvalue weighted by Gasteiger charge is 2.40. The van der Waals surface area contributed by atoms with Crippen molar-refractivity contribution in [3.05, 3.63) is 53.9 Å². The lowest BCUT2D eigenvalue weighted by atomic mass is 9.74. The number of nitrogens with zero attached hydrogens (tertiary/aromatic N) is 3. The van der Waals surface area contributed by atoms with E-state index in [1.165, 1.54) is 5.56 Å². The predicted octanol–water partition coefficient (Wildman–Crippen LogP) is 1.72. The normalized spacial score (nSPS) is 28.1. The molecule has 1 saturated carbocycles. The molecule has 0 unspecified atom stereocenters. The summed E-state index contributed by atoms with van der Waals surface area (Å²) in [5, 5.41) is 18.2. The predicted molar refractivity (Wildman–Crippen MR) is 114 cm³/mol. The van der Waals surface area contributed by atoms with Crippen molar-refractivity contribution in [1.29, 1.82) is 0 Å². The number of aliphatic hydroxyl groups excluding tert-OH is 1. The average molecular weight is 413 g/mol. The summed E-state index contributed by atoms with van der Waals surface area (Å²) < 4.78 is 7.13. The molecule has 1 aliphatic carbocycles. The van der Waals surface area contributed by atoms with E-state index in [1.54, 1.807) is 24.1 Å². The Hall–Kier alpha value is -2.22. The minimum absolute atomic E-state index is 0.104. The van der Waals surface area contributed by atoms with Gasteiger partial charge in [0.2, 0.25) is 0 Å². The quantitative estimate of drug-likeness (QED) is 0.731. The topological polar surface area (TPSA) is 79.6 Å². The summed E-state index contributed by atoms with van der Waals surface area (Å²) in [5.41, 5.74) is 1.60. The van der Waals surface area contributed by atoms with Gasteiger partial charge in [0.15, 0.2) is 0 Å². The van der Waals surface area contributed by atoms with Crippen LogP contribution in [0.3, 0.4) is 0 Å². The molecular weight excluding hydrogens is 380 g/mol. The van der Waals surface area contributed by atoms with Crippen molar-refractivity contribution in [2.75, 3.05) is 32.8 Å². The molecule has 2 fully saturated rings. The fourth-order valence-corrected chi connectivity index (χ4v) is 4.94. The van der Waals surface area contributed by atoms with E-state index >= 15 is 0 Å². The van der Waals surface area contributed by atoms with Gasteiger partial charge < -0.3 is 15.2 Å². The molecule has 1 aromatic heterocycles. The number of aryl methyl sites for hydroxylation is 1. The van der Waals surface area contributed by atoms with Gasteiger partial charge in [0.1, 0.15) is 0 Å². The van der Waals surface area contributed by atoms with Crippen molar-refractivity contribution >= 4 is 5.91 Å². The van der Waals surface area contributed by atoms with E-state index in [4.69, 9.17) is 4.74 Å². The number of ether oxygens (including phenoxy) is 1. The smallest absolute Gasteiger partial charge is 0.254 e. The van der Waals surface area contributed by atoms with Gasteiger partial charge in [0.05, 0.1) is 31.1 Å². The van der Waals surface area contributed by atoms with Gasteiger partial charge in [0.25, 0.3) is 5.91 Å². The average Bonchev–Trinajstić information content (AvgIpc) is 3.15. The van der Waals surface area contributed by atoms with E-state index < -0.39 is 0 Å². The Bertz CT molecular complexity index is 834. The fourth-order valence-electron chi connectivity index (χ4n) is 4.94. The molecule has 1 aromatic carbocycles. The van der Waals surface area contributed by atoms with E-state index in [-0.39, 0.29) is 23.5 Å². The fraction of sp³-hybridized carbons (Fsp3) is 0.565. The largest absolute Gasteiger partial charge is 0.391 e. The van der Waals surface area contributed by atoms with Gasteiger partial charge in [-0.25, -0.2) is 0 Å². The summed E-state index contributed by atoms with van der Waals surface area (Å²) in [6, 6.07) is 10.6. The summed E-state index contributed by atoms with van der Waals surface area (Å²) in [7, 11) is 1.81. The highest BCUT2D eigenvalue weighted by molar-refractivity contribution is 5.93. The maximum absolute atomic E-state index is 12.7. The van der Waals surface area contributed by atoms with E-state index in [1.807, 2.05) is 6.07 Å². The molecule has 2 aliphatic rings. The number of hydrogen-bond donors (Lipinski definition) is 2. The van der Waals surface area contributed by atoms with Crippen molar-refractivity contribution in [1.82, 2.24) is 20.0 Å². The third kappa shape index (κ3) is 4.58. The van der Waals surface area contributed by atoms with E-state index in [0.717, 1.165) is 52.0 Å². The summed E-state index contributed by atoms with van der Waals surface area (Å²) in [5.74, 6) is -0.104. The lowest BCUT2D eigenvalue weighted by molar-refractivity contribution is -0.0236. The molecule has 2 aromatic rings. The van der Waals surface area contributed by atoms with Gasteiger partial charge in [-0.3, -0.25) is 14.4 Å². The molecule has 30 heavy (non-hydrogen) atoms. The second-order valence-electron chi connectivity index (χ2n) is 8.59. The number of hydrogen-bond acceptors (Lipinski definition) is 5. The SMILES string of the molecule is Cn1cc(C(=O)NC[C@]2(c3ccccc3)CC[C@@H](O)[C@H](N3CCOCC3)CC2)cn1. The first-order chi connectivity index (χ1) is 14.6. The Labute approximate surface area is 178 Å². The number of benzene rings is 1. The monoisotopic (exact) mass is 412 g/mol. The zero-order valence-corrected chi connectivity index (χ0v) is 17.7. The van der Waals surface area contributed by atoms with Crippen LogP contribution in [-0.2, 0) is 17.2 Å². The first-order valence-electron chi connectivity index (χ1n) is 10.9. The lowest BCUT2D eigenvalue weighted by Gasteiger charge is -2.37. The molecule has 2 N–H and O–H groups in total. The minimum atomic E-state index is -0.359. The molecule has 1 amide bonds. The second kappa shape index (κ2) is 9.29. The van der Waals surface area contributed by atoms with Gasteiger partial charge in [-0.1, -0.05) is 30.3 Å². The van der Waals surface area contributed by atoms with Crippen LogP contribution in [0.25, 0.3) is 0 Å². The molecule has 4 rings (SSSR count). The molecule has 1 aliphatic heterocycles. The number of morpholine rings is 1. The molecule has 2 heterocycles. The van der Waals surface area contributed by atoms with Crippen LogP contribution in [-0.4, -0.2) is 70.7 Å². The van der Waals surface area contributed by atoms with Crippen molar-refractivity contribution in [3.63, 3.8) is 0 Å². The number of aliphatic hydroxyl groups is 1. The van der Waals surface area contributed by atoms with Crippen LogP contribution in [0.5, 0.6) is 0 Å². The third-order valence-electron chi connectivity index (χ3n) is 6.74. The second-order valence-corrected chi connectivity index (χ2v) is 8.59. The Morgan fingerprint density at radius 3 is 2.67 bits per heavy atom. The van der Waals surface area contributed by atoms with Crippen LogP contribution in [0.15, 0.2) is 42.7 Å². The molecule has 3 atom stereocenters. The van der Waals surface area contributed by atoms with Gasteiger partial charge in [-0.2, -0.15) is 5.10 Å². The Kier molecular flexibility index (Phi) is 6.51. The number of rotatable bonds is 5. The summed E-state index contributed by atoms with van der Waals surface area (Å²) in [6.45, 7) is 3.76. The van der Waals surface area contributed by atoms with E-state index in [2.05, 4.69) is 39.6 Å². The maximum Gasteiger partial charge on any atom is 0.254 e. The molecular formula is C23H32N4O3. The maximum atomic E-state index is 12.7. The van der Waals surface area contributed by atoms with Crippen molar-refractivity contribution in [2.24, 2.45) is 7.05 Å². The van der Waals surface area contributed by atoms with E-state index in [9.17, 15) is 9.90 Å². The molecule has 7 heteroatoms. The number of nitrogens with one attached hydrogen (secondary N) is 1. The van der Waals surface area contributed by atoms with Gasteiger partial charge in [-0.05, 0) is 31.2 Å².